The highest BCUT2D eigenvalue weighted by molar-refractivity contribution is 7.99. The number of nitrogen functional groups attached to an aromatic ring is 1. The van der Waals surface area contributed by atoms with Gasteiger partial charge in [-0.15, -0.1) is 0 Å². The summed E-state index contributed by atoms with van der Waals surface area (Å²) in [4.78, 5) is 0. The molecule has 1 atom stereocenters. The maximum absolute atomic E-state index is 5.96. The first-order chi connectivity index (χ1) is 6.75. The Morgan fingerprint density at radius 2 is 2.36 bits per heavy atom. The molecular formula is C12H17NS. The first-order valence-electron chi connectivity index (χ1n) is 5.18. The molecule has 2 heteroatoms. The molecule has 1 fully saturated rings. The molecule has 1 aromatic carbocycles. The van der Waals surface area contributed by atoms with Gasteiger partial charge in [0.1, 0.15) is 0 Å². The minimum atomic E-state index is 0.851. The molecule has 1 heterocycles. The molecule has 0 radical (unpaired) electrons. The van der Waals surface area contributed by atoms with E-state index in [-0.39, 0.29) is 0 Å². The quantitative estimate of drug-likeness (QED) is 0.755. The number of hydrogen-bond acceptors (Lipinski definition) is 2. The lowest BCUT2D eigenvalue weighted by Crippen LogP contribution is -2.05. The van der Waals surface area contributed by atoms with Gasteiger partial charge in [-0.05, 0) is 48.8 Å². The van der Waals surface area contributed by atoms with Crippen molar-refractivity contribution in [2.45, 2.75) is 19.8 Å². The van der Waals surface area contributed by atoms with Gasteiger partial charge in [-0.2, -0.15) is 11.8 Å². The van der Waals surface area contributed by atoms with Crippen molar-refractivity contribution >= 4 is 17.4 Å². The number of aryl methyl sites for hydroxylation is 1. The second kappa shape index (κ2) is 4.26. The molecule has 1 nitrogen and oxygen atoms in total. The van der Waals surface area contributed by atoms with Crippen LogP contribution in [-0.2, 0) is 6.42 Å². The summed E-state index contributed by atoms with van der Waals surface area (Å²) in [6, 6.07) is 6.35. The Labute approximate surface area is 90.1 Å². The average Bonchev–Trinajstić information content (AvgIpc) is 2.64. The Balaban J connectivity index is 2.10. The summed E-state index contributed by atoms with van der Waals surface area (Å²) in [5, 5.41) is 0. The fourth-order valence-electron chi connectivity index (χ4n) is 1.97. The molecule has 14 heavy (non-hydrogen) atoms. The standard InChI is InChI=1S/C12H17NS/c1-9-2-3-12(13)11(6-9)7-10-4-5-14-8-10/h2-3,6,10H,4-5,7-8,13H2,1H3. The van der Waals surface area contributed by atoms with Crippen molar-refractivity contribution in [1.29, 1.82) is 0 Å². The molecule has 1 aliphatic heterocycles. The van der Waals surface area contributed by atoms with Crippen molar-refractivity contribution in [3.05, 3.63) is 29.3 Å². The highest BCUT2D eigenvalue weighted by Gasteiger charge is 2.16. The van der Waals surface area contributed by atoms with Crippen LogP contribution in [0.15, 0.2) is 18.2 Å². The number of hydrogen-bond donors (Lipinski definition) is 1. The van der Waals surface area contributed by atoms with Gasteiger partial charge >= 0.3 is 0 Å². The Kier molecular flexibility index (Phi) is 3.02. The van der Waals surface area contributed by atoms with Gasteiger partial charge in [-0.3, -0.25) is 0 Å². The van der Waals surface area contributed by atoms with E-state index in [0.717, 1.165) is 11.6 Å². The van der Waals surface area contributed by atoms with Crippen LogP contribution in [0, 0.1) is 12.8 Å². The van der Waals surface area contributed by atoms with E-state index >= 15 is 0 Å². The first kappa shape index (κ1) is 9.91. The minimum absolute atomic E-state index is 0.851. The van der Waals surface area contributed by atoms with Crippen LogP contribution in [0.1, 0.15) is 17.5 Å². The van der Waals surface area contributed by atoms with Crippen LogP contribution in [-0.4, -0.2) is 11.5 Å². The van der Waals surface area contributed by atoms with E-state index in [1.807, 2.05) is 6.07 Å². The van der Waals surface area contributed by atoms with Gasteiger partial charge in [0.2, 0.25) is 0 Å². The van der Waals surface area contributed by atoms with Crippen molar-refractivity contribution in [1.82, 2.24) is 0 Å². The van der Waals surface area contributed by atoms with Gasteiger partial charge in [-0.25, -0.2) is 0 Å². The summed E-state index contributed by atoms with van der Waals surface area (Å²) in [5.74, 6) is 3.49. The fraction of sp³-hybridized carbons (Fsp3) is 0.500. The highest BCUT2D eigenvalue weighted by Crippen LogP contribution is 2.28. The van der Waals surface area contributed by atoms with Crippen LogP contribution in [0.3, 0.4) is 0 Å². The van der Waals surface area contributed by atoms with Gasteiger partial charge in [0.25, 0.3) is 0 Å². The van der Waals surface area contributed by atoms with Gasteiger partial charge < -0.3 is 5.73 Å². The lowest BCUT2D eigenvalue weighted by molar-refractivity contribution is 0.596. The highest BCUT2D eigenvalue weighted by atomic mass is 32.2. The van der Waals surface area contributed by atoms with E-state index in [2.05, 4.69) is 30.8 Å². The number of thioether (sulfide) groups is 1. The van der Waals surface area contributed by atoms with Crippen molar-refractivity contribution < 1.29 is 0 Å². The van der Waals surface area contributed by atoms with Crippen LogP contribution in [0.2, 0.25) is 0 Å². The third-order valence-corrected chi connectivity index (χ3v) is 4.06. The molecule has 1 aromatic rings. The smallest absolute Gasteiger partial charge is 0.0346 e. The van der Waals surface area contributed by atoms with E-state index in [0.29, 0.717) is 0 Å². The molecule has 1 unspecified atom stereocenters. The topological polar surface area (TPSA) is 26.0 Å². The third-order valence-electron chi connectivity index (χ3n) is 2.83. The first-order valence-corrected chi connectivity index (χ1v) is 6.34. The molecule has 0 amide bonds. The van der Waals surface area contributed by atoms with E-state index in [1.165, 1.54) is 35.5 Å². The zero-order valence-corrected chi connectivity index (χ0v) is 9.44. The maximum Gasteiger partial charge on any atom is 0.0346 e. The summed E-state index contributed by atoms with van der Waals surface area (Å²) in [6.45, 7) is 2.13. The van der Waals surface area contributed by atoms with Crippen LogP contribution in [0.4, 0.5) is 5.69 Å². The van der Waals surface area contributed by atoms with Gasteiger partial charge in [0, 0.05) is 5.69 Å². The molecule has 76 valence electrons. The molecule has 0 bridgehead atoms. The molecule has 0 saturated carbocycles. The SMILES string of the molecule is Cc1ccc(N)c(CC2CCSC2)c1. The Hall–Kier alpha value is -0.630. The Bertz CT molecular complexity index is 316. The summed E-state index contributed by atoms with van der Waals surface area (Å²) in [7, 11) is 0. The molecule has 0 spiro atoms. The number of rotatable bonds is 2. The molecule has 1 aliphatic rings. The summed E-state index contributed by atoms with van der Waals surface area (Å²) < 4.78 is 0. The van der Waals surface area contributed by atoms with E-state index in [4.69, 9.17) is 5.73 Å². The lowest BCUT2D eigenvalue weighted by Gasteiger charge is -2.11. The van der Waals surface area contributed by atoms with Crippen LogP contribution in [0.5, 0.6) is 0 Å². The number of benzene rings is 1. The van der Waals surface area contributed by atoms with E-state index in [9.17, 15) is 0 Å². The van der Waals surface area contributed by atoms with Gasteiger partial charge in [-0.1, -0.05) is 17.7 Å². The van der Waals surface area contributed by atoms with Gasteiger partial charge in [0.05, 0.1) is 0 Å². The largest absolute Gasteiger partial charge is 0.399 e. The summed E-state index contributed by atoms with van der Waals surface area (Å²) in [6.07, 6.45) is 2.53. The van der Waals surface area contributed by atoms with Crippen LogP contribution >= 0.6 is 11.8 Å². The Morgan fingerprint density at radius 1 is 1.50 bits per heavy atom. The molecule has 1 saturated heterocycles. The third kappa shape index (κ3) is 2.24. The van der Waals surface area contributed by atoms with Crippen LogP contribution in [0.25, 0.3) is 0 Å². The van der Waals surface area contributed by atoms with E-state index < -0.39 is 0 Å². The maximum atomic E-state index is 5.96. The molecule has 0 aliphatic carbocycles. The summed E-state index contributed by atoms with van der Waals surface area (Å²) >= 11 is 2.07. The number of nitrogens with two attached hydrogens (primary N) is 1. The molecular weight excluding hydrogens is 190 g/mol. The lowest BCUT2D eigenvalue weighted by atomic mass is 9.96. The minimum Gasteiger partial charge on any atom is -0.399 e. The molecule has 0 aromatic heterocycles. The summed E-state index contributed by atoms with van der Waals surface area (Å²) in [5.41, 5.74) is 9.59. The van der Waals surface area contributed by atoms with Crippen molar-refractivity contribution in [3.8, 4) is 0 Å². The second-order valence-electron chi connectivity index (χ2n) is 4.14. The van der Waals surface area contributed by atoms with Crippen LogP contribution < -0.4 is 5.73 Å². The molecule has 2 N–H and O–H groups in total. The zero-order chi connectivity index (χ0) is 9.97. The van der Waals surface area contributed by atoms with Crippen molar-refractivity contribution in [2.24, 2.45) is 5.92 Å². The van der Waals surface area contributed by atoms with Crippen molar-refractivity contribution in [3.63, 3.8) is 0 Å². The van der Waals surface area contributed by atoms with Crippen molar-refractivity contribution in [2.75, 3.05) is 17.2 Å². The molecule has 2 rings (SSSR count). The Morgan fingerprint density at radius 3 is 3.07 bits per heavy atom. The predicted molar refractivity (Wildman–Crippen MR) is 64.7 cm³/mol. The number of anilines is 1. The monoisotopic (exact) mass is 207 g/mol. The zero-order valence-electron chi connectivity index (χ0n) is 8.62. The normalized spacial score (nSPS) is 21.4. The van der Waals surface area contributed by atoms with E-state index in [1.54, 1.807) is 0 Å². The predicted octanol–water partition coefficient (Wildman–Crippen LogP) is 2.87. The van der Waals surface area contributed by atoms with Gasteiger partial charge in [0.15, 0.2) is 0 Å². The fourth-order valence-corrected chi connectivity index (χ4v) is 3.25. The second-order valence-corrected chi connectivity index (χ2v) is 5.29. The average molecular weight is 207 g/mol.